The number of halogens is 4. The molecular formula is C21H21ClF3NOS. The number of alkyl halides is 3. The molecule has 1 aromatic heterocycles. The topological polar surface area (TPSA) is 22.1 Å². The molecule has 1 saturated carbocycles. The fraction of sp³-hybridized carbons (Fsp3) is 0.476. The number of benzene rings is 1. The highest BCUT2D eigenvalue weighted by Crippen LogP contribution is 2.48. The third kappa shape index (κ3) is 4.50. The molecule has 2 heterocycles. The maximum absolute atomic E-state index is 13.0. The Hall–Kier alpha value is -1.24. The molecule has 2 unspecified atom stereocenters. The van der Waals surface area contributed by atoms with Crippen molar-refractivity contribution >= 4 is 23.4 Å². The fourth-order valence-electron chi connectivity index (χ4n) is 3.60. The zero-order chi connectivity index (χ0) is 19.9. The molecule has 7 heteroatoms. The molecule has 2 nitrogen and oxygen atoms in total. The summed E-state index contributed by atoms with van der Waals surface area (Å²) in [5.74, 6) is 0.577. The van der Waals surface area contributed by atoms with Crippen molar-refractivity contribution in [2.75, 3.05) is 6.61 Å². The Morgan fingerprint density at radius 1 is 1.25 bits per heavy atom. The predicted octanol–water partition coefficient (Wildman–Crippen LogP) is 7.03. The van der Waals surface area contributed by atoms with Crippen molar-refractivity contribution in [2.45, 2.75) is 60.4 Å². The second-order valence-corrected chi connectivity index (χ2v) is 9.87. The van der Waals surface area contributed by atoms with Gasteiger partial charge in [-0.3, -0.25) is 4.98 Å². The van der Waals surface area contributed by atoms with Gasteiger partial charge in [0.05, 0.1) is 16.3 Å². The van der Waals surface area contributed by atoms with E-state index in [4.69, 9.17) is 16.3 Å². The molecule has 1 aliphatic heterocycles. The minimum absolute atomic E-state index is 0.252. The van der Waals surface area contributed by atoms with Crippen LogP contribution in [0.3, 0.4) is 0 Å². The van der Waals surface area contributed by atoms with Crippen LogP contribution >= 0.6 is 23.4 Å². The molecule has 2 aliphatic rings. The van der Waals surface area contributed by atoms with Gasteiger partial charge in [0.15, 0.2) is 0 Å². The summed E-state index contributed by atoms with van der Waals surface area (Å²) in [5, 5.41) is 0.614. The van der Waals surface area contributed by atoms with Gasteiger partial charge in [-0.25, -0.2) is 0 Å². The van der Waals surface area contributed by atoms with E-state index in [-0.39, 0.29) is 10.9 Å². The predicted molar refractivity (Wildman–Crippen MR) is 105 cm³/mol. The Balaban J connectivity index is 1.51. The van der Waals surface area contributed by atoms with Gasteiger partial charge in [-0.2, -0.15) is 13.2 Å². The molecule has 0 spiro atoms. The van der Waals surface area contributed by atoms with E-state index in [1.54, 1.807) is 6.07 Å². The molecule has 28 heavy (non-hydrogen) atoms. The van der Waals surface area contributed by atoms with Crippen molar-refractivity contribution in [3.05, 3.63) is 58.4 Å². The zero-order valence-corrected chi connectivity index (χ0v) is 17.0. The van der Waals surface area contributed by atoms with Crippen molar-refractivity contribution in [3.63, 3.8) is 0 Å². The highest BCUT2D eigenvalue weighted by molar-refractivity contribution is 8.00. The average Bonchev–Trinajstić information content (AvgIpc) is 3.46. The quantitative estimate of drug-likeness (QED) is 0.522. The van der Waals surface area contributed by atoms with Crippen molar-refractivity contribution in [3.8, 4) is 0 Å². The Morgan fingerprint density at radius 2 is 2.04 bits per heavy atom. The molecule has 2 aromatic rings. The smallest absolute Gasteiger partial charge is 0.372 e. The molecule has 150 valence electrons. The van der Waals surface area contributed by atoms with Gasteiger partial charge < -0.3 is 4.74 Å². The highest BCUT2D eigenvalue weighted by Gasteiger charge is 2.37. The summed E-state index contributed by atoms with van der Waals surface area (Å²) in [6.07, 6.45) is 1.06. The molecular weight excluding hydrogens is 407 g/mol. The third-order valence-electron chi connectivity index (χ3n) is 5.34. The molecule has 4 rings (SSSR count). The van der Waals surface area contributed by atoms with Gasteiger partial charge in [0.1, 0.15) is 6.10 Å². The monoisotopic (exact) mass is 427 g/mol. The first-order valence-corrected chi connectivity index (χ1v) is 10.6. The maximum Gasteiger partial charge on any atom is 0.416 e. The van der Waals surface area contributed by atoms with E-state index in [0.717, 1.165) is 18.2 Å². The van der Waals surface area contributed by atoms with E-state index in [2.05, 4.69) is 11.9 Å². The molecule has 0 radical (unpaired) electrons. The van der Waals surface area contributed by atoms with E-state index in [1.807, 2.05) is 12.3 Å². The summed E-state index contributed by atoms with van der Waals surface area (Å²) in [4.78, 5) is 5.18. The molecule has 0 N–H and O–H groups in total. The number of rotatable bonds is 4. The number of thioether (sulfide) groups is 1. The molecule has 0 bridgehead atoms. The molecule has 1 aromatic carbocycles. The first-order valence-electron chi connectivity index (χ1n) is 9.37. The number of ether oxygens (including phenoxy) is 1. The van der Waals surface area contributed by atoms with Gasteiger partial charge in [0.25, 0.3) is 0 Å². The van der Waals surface area contributed by atoms with Crippen LogP contribution < -0.4 is 0 Å². The molecule has 1 saturated heterocycles. The number of nitrogens with zero attached hydrogens (tertiary/aromatic N) is 1. The van der Waals surface area contributed by atoms with Gasteiger partial charge in [-0.15, -0.1) is 11.8 Å². The van der Waals surface area contributed by atoms with Crippen LogP contribution in [0.5, 0.6) is 0 Å². The minimum atomic E-state index is -4.34. The van der Waals surface area contributed by atoms with E-state index in [1.165, 1.54) is 42.3 Å². The lowest BCUT2D eigenvalue weighted by molar-refractivity contribution is -0.137. The summed E-state index contributed by atoms with van der Waals surface area (Å²) in [7, 11) is 0. The summed E-state index contributed by atoms with van der Waals surface area (Å²) in [6, 6.07) is 7.49. The van der Waals surface area contributed by atoms with Crippen LogP contribution in [0, 0.1) is 0 Å². The van der Waals surface area contributed by atoms with Gasteiger partial charge in [0.2, 0.25) is 0 Å². The first kappa shape index (κ1) is 20.0. The Kier molecular flexibility index (Phi) is 5.40. The lowest BCUT2D eigenvalue weighted by Gasteiger charge is -2.37. The van der Waals surface area contributed by atoms with Crippen LogP contribution in [-0.2, 0) is 10.9 Å². The van der Waals surface area contributed by atoms with Gasteiger partial charge in [0, 0.05) is 22.4 Å². The Morgan fingerprint density at radius 3 is 2.71 bits per heavy atom. The van der Waals surface area contributed by atoms with Gasteiger partial charge in [-0.1, -0.05) is 17.7 Å². The highest BCUT2D eigenvalue weighted by atomic mass is 35.5. The Labute approximate surface area is 171 Å². The lowest BCUT2D eigenvalue weighted by Crippen LogP contribution is -2.32. The number of pyridine rings is 1. The third-order valence-corrected chi connectivity index (χ3v) is 6.99. The van der Waals surface area contributed by atoms with E-state index in [0.29, 0.717) is 28.9 Å². The van der Waals surface area contributed by atoms with Crippen LogP contribution in [-0.4, -0.2) is 16.3 Å². The minimum Gasteiger partial charge on any atom is -0.372 e. The van der Waals surface area contributed by atoms with Crippen LogP contribution in [0.2, 0.25) is 5.02 Å². The average molecular weight is 428 g/mol. The van der Waals surface area contributed by atoms with Crippen molar-refractivity contribution < 1.29 is 17.9 Å². The van der Waals surface area contributed by atoms with Crippen LogP contribution in [0.15, 0.2) is 41.4 Å². The largest absolute Gasteiger partial charge is 0.416 e. The van der Waals surface area contributed by atoms with Crippen LogP contribution in [0.25, 0.3) is 0 Å². The summed E-state index contributed by atoms with van der Waals surface area (Å²) < 4.78 is 44.7. The van der Waals surface area contributed by atoms with E-state index in [9.17, 15) is 13.2 Å². The second kappa shape index (κ2) is 7.54. The van der Waals surface area contributed by atoms with Gasteiger partial charge >= 0.3 is 6.18 Å². The number of hydrogen-bond donors (Lipinski definition) is 0. The van der Waals surface area contributed by atoms with Crippen molar-refractivity contribution in [2.24, 2.45) is 0 Å². The van der Waals surface area contributed by atoms with Crippen molar-refractivity contribution in [1.29, 1.82) is 0 Å². The van der Waals surface area contributed by atoms with Crippen LogP contribution in [0.1, 0.15) is 61.4 Å². The number of aromatic nitrogens is 1. The molecule has 1 aliphatic carbocycles. The molecule has 0 amide bonds. The zero-order valence-electron chi connectivity index (χ0n) is 15.4. The normalized spacial score (nSPS) is 25.7. The van der Waals surface area contributed by atoms with E-state index < -0.39 is 11.7 Å². The molecule has 2 fully saturated rings. The summed E-state index contributed by atoms with van der Waals surface area (Å²) >= 11 is 7.95. The fourth-order valence-corrected chi connectivity index (χ4v) is 5.22. The van der Waals surface area contributed by atoms with E-state index >= 15 is 0 Å². The molecule has 2 atom stereocenters. The standard InChI is InChI=1S/C21H21ClF3NOS/c1-20(28-16-4-2-3-15(10-16)21(23,24)25)7-8-27-18(11-20)19-17(22)9-14(12-26-19)13-5-6-13/h2-4,9-10,12-13,18H,5-8,11H2,1H3. The van der Waals surface area contributed by atoms with Crippen LogP contribution in [0.4, 0.5) is 13.2 Å². The summed E-state index contributed by atoms with van der Waals surface area (Å²) in [6.45, 7) is 2.59. The maximum atomic E-state index is 13.0. The van der Waals surface area contributed by atoms with Gasteiger partial charge in [-0.05, 0) is 68.4 Å². The number of hydrogen-bond acceptors (Lipinski definition) is 3. The Bertz CT molecular complexity index is 871. The SMILES string of the molecule is CC1(Sc2cccc(C(F)(F)F)c2)CCOC(c2ncc(C3CC3)cc2Cl)C1. The lowest BCUT2D eigenvalue weighted by atomic mass is 9.94. The summed E-state index contributed by atoms with van der Waals surface area (Å²) in [5.41, 5.74) is 1.28. The van der Waals surface area contributed by atoms with Crippen molar-refractivity contribution in [1.82, 2.24) is 4.98 Å². The first-order chi connectivity index (χ1) is 13.2. The second-order valence-electron chi connectivity index (χ2n) is 7.80.